The van der Waals surface area contributed by atoms with Crippen LogP contribution in [0.3, 0.4) is 0 Å². The second-order valence-electron chi connectivity index (χ2n) is 5.72. The smallest absolute Gasteiger partial charge is 0.315 e. The van der Waals surface area contributed by atoms with Gasteiger partial charge in [0.2, 0.25) is 5.89 Å². The Balaban J connectivity index is 1.49. The molecule has 0 radical (unpaired) electrons. The minimum Gasteiger partial charge on any atom is -0.407 e. The van der Waals surface area contributed by atoms with E-state index in [1.807, 2.05) is 28.8 Å². The van der Waals surface area contributed by atoms with Crippen molar-refractivity contribution in [1.82, 2.24) is 24.6 Å². The number of aromatic nitrogens is 5. The maximum absolute atomic E-state index is 5.83. The quantitative estimate of drug-likeness (QED) is 0.583. The molecule has 0 bridgehead atoms. The normalized spacial score (nSPS) is 12.4. The van der Waals surface area contributed by atoms with Crippen LogP contribution in [0.5, 0.6) is 0 Å². The lowest BCUT2D eigenvalue weighted by atomic mass is 9.97. The van der Waals surface area contributed by atoms with Crippen LogP contribution in [-0.2, 0) is 6.54 Å². The summed E-state index contributed by atoms with van der Waals surface area (Å²) in [6.45, 7) is 2.65. The Kier molecular flexibility index (Phi) is 4.12. The second-order valence-corrected chi connectivity index (χ2v) is 5.72. The van der Waals surface area contributed by atoms with Crippen molar-refractivity contribution in [3.05, 3.63) is 72.3 Å². The van der Waals surface area contributed by atoms with Gasteiger partial charge < -0.3 is 9.73 Å². The summed E-state index contributed by atoms with van der Waals surface area (Å²) < 4.78 is 7.79. The fraction of sp³-hybridized carbons (Fsp3) is 0.222. The van der Waals surface area contributed by atoms with Gasteiger partial charge in [0, 0.05) is 12.4 Å². The topological polar surface area (TPSA) is 81.1 Å². The molecule has 0 aliphatic heterocycles. The van der Waals surface area contributed by atoms with Gasteiger partial charge in [0.05, 0.1) is 30.6 Å². The summed E-state index contributed by atoms with van der Waals surface area (Å²) in [5.41, 5.74) is 2.97. The molecular weight excluding hydrogens is 316 g/mol. The molecule has 7 heteroatoms. The number of hydrogen-bond donors (Lipinski definition) is 1. The SMILES string of the molecule is CC[C@@H](c1ccccc1)c1nnc(NCc2cnc3cnccn23)o1. The van der Waals surface area contributed by atoms with E-state index in [4.69, 9.17) is 4.42 Å². The van der Waals surface area contributed by atoms with Gasteiger partial charge in [-0.15, -0.1) is 5.10 Å². The number of anilines is 1. The number of nitrogens with one attached hydrogen (secondary N) is 1. The molecule has 0 spiro atoms. The number of nitrogens with zero attached hydrogens (tertiary/aromatic N) is 5. The molecule has 1 atom stereocenters. The molecule has 0 aliphatic rings. The predicted octanol–water partition coefficient (Wildman–Crippen LogP) is 3.27. The molecule has 126 valence electrons. The zero-order valence-electron chi connectivity index (χ0n) is 13.8. The van der Waals surface area contributed by atoms with E-state index in [1.54, 1.807) is 18.6 Å². The largest absolute Gasteiger partial charge is 0.407 e. The Bertz CT molecular complexity index is 962. The van der Waals surface area contributed by atoms with E-state index in [0.29, 0.717) is 18.5 Å². The van der Waals surface area contributed by atoms with E-state index in [-0.39, 0.29) is 5.92 Å². The molecule has 4 aromatic rings. The lowest BCUT2D eigenvalue weighted by molar-refractivity contribution is 0.473. The van der Waals surface area contributed by atoms with Crippen LogP contribution >= 0.6 is 0 Å². The Morgan fingerprint density at radius 1 is 1.16 bits per heavy atom. The van der Waals surface area contributed by atoms with Crippen LogP contribution in [0.2, 0.25) is 0 Å². The predicted molar refractivity (Wildman–Crippen MR) is 93.2 cm³/mol. The van der Waals surface area contributed by atoms with E-state index in [2.05, 4.69) is 44.5 Å². The molecular formula is C18H18N6O. The standard InChI is InChI=1S/C18H18N6O/c1-2-15(13-6-4-3-5-7-13)17-22-23-18(25-17)21-11-14-10-20-16-12-19-8-9-24(14)16/h3-10,12,15H,2,11H2,1H3,(H,21,23)/t15-/m0/s1. The van der Waals surface area contributed by atoms with Crippen molar-refractivity contribution in [3.8, 4) is 0 Å². The number of fused-ring (bicyclic) bond motifs is 1. The monoisotopic (exact) mass is 334 g/mol. The summed E-state index contributed by atoms with van der Waals surface area (Å²) in [6.07, 6.45) is 8.03. The van der Waals surface area contributed by atoms with Gasteiger partial charge in [-0.3, -0.25) is 9.38 Å². The first kappa shape index (κ1) is 15.3. The summed E-state index contributed by atoms with van der Waals surface area (Å²) in [4.78, 5) is 8.37. The fourth-order valence-corrected chi connectivity index (χ4v) is 2.88. The van der Waals surface area contributed by atoms with Crippen LogP contribution in [0.15, 0.2) is 59.5 Å². The van der Waals surface area contributed by atoms with E-state index in [9.17, 15) is 0 Å². The maximum Gasteiger partial charge on any atom is 0.315 e. The van der Waals surface area contributed by atoms with Crippen molar-refractivity contribution in [2.24, 2.45) is 0 Å². The van der Waals surface area contributed by atoms with Gasteiger partial charge in [-0.2, -0.15) is 0 Å². The Morgan fingerprint density at radius 3 is 2.88 bits per heavy atom. The van der Waals surface area contributed by atoms with E-state index >= 15 is 0 Å². The Morgan fingerprint density at radius 2 is 2.04 bits per heavy atom. The summed E-state index contributed by atoms with van der Waals surface area (Å²) in [5.74, 6) is 0.727. The third kappa shape index (κ3) is 3.08. The average molecular weight is 334 g/mol. The fourth-order valence-electron chi connectivity index (χ4n) is 2.88. The van der Waals surface area contributed by atoms with Crippen LogP contribution in [0.25, 0.3) is 5.65 Å². The highest BCUT2D eigenvalue weighted by Crippen LogP contribution is 2.27. The molecule has 1 aromatic carbocycles. The van der Waals surface area contributed by atoms with Crippen LogP contribution in [-0.4, -0.2) is 24.6 Å². The first-order valence-corrected chi connectivity index (χ1v) is 8.23. The van der Waals surface area contributed by atoms with Crippen molar-refractivity contribution in [1.29, 1.82) is 0 Å². The maximum atomic E-state index is 5.83. The highest BCUT2D eigenvalue weighted by atomic mass is 16.4. The summed E-state index contributed by atoms with van der Waals surface area (Å²) in [7, 11) is 0. The Labute approximate surface area is 144 Å². The van der Waals surface area contributed by atoms with Crippen LogP contribution in [0.1, 0.15) is 36.4 Å². The number of hydrogen-bond acceptors (Lipinski definition) is 6. The van der Waals surface area contributed by atoms with Gasteiger partial charge in [-0.1, -0.05) is 42.4 Å². The van der Waals surface area contributed by atoms with Crippen molar-refractivity contribution in [2.75, 3.05) is 5.32 Å². The van der Waals surface area contributed by atoms with Gasteiger partial charge in [0.15, 0.2) is 5.65 Å². The van der Waals surface area contributed by atoms with Gasteiger partial charge in [0.1, 0.15) is 0 Å². The minimum atomic E-state index is 0.103. The lowest BCUT2D eigenvalue weighted by Gasteiger charge is -2.10. The van der Waals surface area contributed by atoms with Gasteiger partial charge in [-0.25, -0.2) is 4.98 Å². The molecule has 3 heterocycles. The molecule has 0 saturated heterocycles. The third-order valence-corrected chi connectivity index (χ3v) is 4.16. The average Bonchev–Trinajstić information content (AvgIpc) is 3.29. The molecule has 3 aromatic heterocycles. The van der Waals surface area contributed by atoms with Gasteiger partial charge in [-0.05, 0) is 12.0 Å². The van der Waals surface area contributed by atoms with Crippen LogP contribution in [0, 0.1) is 0 Å². The number of imidazole rings is 1. The zero-order chi connectivity index (χ0) is 17.1. The molecule has 0 amide bonds. The Hall–Kier alpha value is -3.22. The van der Waals surface area contributed by atoms with Gasteiger partial charge >= 0.3 is 6.01 Å². The minimum absolute atomic E-state index is 0.103. The third-order valence-electron chi connectivity index (χ3n) is 4.16. The molecule has 0 aliphatic carbocycles. The van der Waals surface area contributed by atoms with Crippen molar-refractivity contribution in [2.45, 2.75) is 25.8 Å². The molecule has 0 unspecified atom stereocenters. The molecule has 25 heavy (non-hydrogen) atoms. The highest BCUT2D eigenvalue weighted by molar-refractivity contribution is 5.37. The molecule has 0 saturated carbocycles. The molecule has 7 nitrogen and oxygen atoms in total. The molecule has 1 N–H and O–H groups in total. The number of benzene rings is 1. The molecule has 0 fully saturated rings. The lowest BCUT2D eigenvalue weighted by Crippen LogP contribution is -2.02. The van der Waals surface area contributed by atoms with Crippen molar-refractivity contribution in [3.63, 3.8) is 0 Å². The van der Waals surface area contributed by atoms with E-state index < -0.39 is 0 Å². The van der Waals surface area contributed by atoms with Crippen molar-refractivity contribution < 1.29 is 4.42 Å². The first-order chi connectivity index (χ1) is 12.3. The second kappa shape index (κ2) is 6.72. The first-order valence-electron chi connectivity index (χ1n) is 8.23. The summed E-state index contributed by atoms with van der Waals surface area (Å²) in [6, 6.07) is 10.6. The number of rotatable bonds is 6. The highest BCUT2D eigenvalue weighted by Gasteiger charge is 2.19. The zero-order valence-corrected chi connectivity index (χ0v) is 13.8. The summed E-state index contributed by atoms with van der Waals surface area (Å²) in [5, 5.41) is 11.5. The van der Waals surface area contributed by atoms with E-state index in [1.165, 1.54) is 5.56 Å². The van der Waals surface area contributed by atoms with Gasteiger partial charge in [0.25, 0.3) is 0 Å². The van der Waals surface area contributed by atoms with E-state index in [0.717, 1.165) is 17.8 Å². The van der Waals surface area contributed by atoms with Crippen LogP contribution in [0.4, 0.5) is 6.01 Å². The van der Waals surface area contributed by atoms with Crippen LogP contribution < -0.4 is 5.32 Å². The van der Waals surface area contributed by atoms with Crippen molar-refractivity contribution >= 4 is 11.7 Å². The summed E-state index contributed by atoms with van der Waals surface area (Å²) >= 11 is 0. The molecule has 4 rings (SSSR count).